The van der Waals surface area contributed by atoms with Crippen molar-refractivity contribution in [3.63, 3.8) is 0 Å². The fourth-order valence-electron chi connectivity index (χ4n) is 2.80. The zero-order chi connectivity index (χ0) is 17.6. The van der Waals surface area contributed by atoms with Crippen molar-refractivity contribution in [3.05, 3.63) is 70.3 Å². The van der Waals surface area contributed by atoms with E-state index >= 15 is 0 Å². The van der Waals surface area contributed by atoms with Crippen LogP contribution in [0.1, 0.15) is 0 Å². The van der Waals surface area contributed by atoms with E-state index in [4.69, 9.17) is 0 Å². The SMILES string of the molecule is Cn1c(=O)sc2cc(S(=O)(=O)Nc3cccc4ccccc34)ccc21. The van der Waals surface area contributed by atoms with Gasteiger partial charge in [-0.25, -0.2) is 8.42 Å². The van der Waals surface area contributed by atoms with Crippen LogP contribution in [0.4, 0.5) is 5.69 Å². The van der Waals surface area contributed by atoms with E-state index in [0.29, 0.717) is 10.4 Å². The van der Waals surface area contributed by atoms with Gasteiger partial charge in [-0.05, 0) is 29.7 Å². The fraction of sp³-hybridized carbons (Fsp3) is 0.0556. The van der Waals surface area contributed by atoms with Crippen LogP contribution in [0.5, 0.6) is 0 Å². The average molecular weight is 370 g/mol. The van der Waals surface area contributed by atoms with Gasteiger partial charge in [-0.15, -0.1) is 0 Å². The van der Waals surface area contributed by atoms with Gasteiger partial charge >= 0.3 is 4.87 Å². The Labute approximate surface area is 148 Å². The molecule has 126 valence electrons. The number of aromatic nitrogens is 1. The number of sulfonamides is 1. The molecule has 0 saturated heterocycles. The van der Waals surface area contributed by atoms with E-state index in [0.717, 1.165) is 27.6 Å². The molecule has 25 heavy (non-hydrogen) atoms. The van der Waals surface area contributed by atoms with Gasteiger partial charge in [0.1, 0.15) is 0 Å². The molecule has 0 aliphatic rings. The van der Waals surface area contributed by atoms with E-state index in [-0.39, 0.29) is 9.77 Å². The zero-order valence-corrected chi connectivity index (χ0v) is 14.9. The summed E-state index contributed by atoms with van der Waals surface area (Å²) in [5.74, 6) is 0. The van der Waals surface area contributed by atoms with Crippen LogP contribution >= 0.6 is 11.3 Å². The molecule has 0 fully saturated rings. The molecule has 0 radical (unpaired) electrons. The van der Waals surface area contributed by atoms with Crippen molar-refractivity contribution < 1.29 is 8.42 Å². The Balaban J connectivity index is 1.80. The highest BCUT2D eigenvalue weighted by atomic mass is 32.2. The van der Waals surface area contributed by atoms with Crippen molar-refractivity contribution >= 4 is 48.0 Å². The normalized spacial score (nSPS) is 11.9. The summed E-state index contributed by atoms with van der Waals surface area (Å²) in [5, 5.41) is 1.79. The molecule has 1 aromatic heterocycles. The number of thiazole rings is 1. The Morgan fingerprint density at radius 3 is 2.60 bits per heavy atom. The fourth-order valence-corrected chi connectivity index (χ4v) is 4.90. The molecule has 1 N–H and O–H groups in total. The van der Waals surface area contributed by atoms with Gasteiger partial charge in [0.25, 0.3) is 10.0 Å². The van der Waals surface area contributed by atoms with Crippen molar-refractivity contribution in [1.82, 2.24) is 4.57 Å². The Kier molecular flexibility index (Phi) is 3.63. The highest BCUT2D eigenvalue weighted by molar-refractivity contribution is 7.92. The summed E-state index contributed by atoms with van der Waals surface area (Å²) in [6, 6.07) is 17.8. The molecule has 4 rings (SSSR count). The molecule has 7 heteroatoms. The highest BCUT2D eigenvalue weighted by Crippen LogP contribution is 2.27. The molecule has 0 bridgehead atoms. The van der Waals surface area contributed by atoms with Gasteiger partial charge in [0.05, 0.1) is 20.8 Å². The minimum absolute atomic E-state index is 0.119. The van der Waals surface area contributed by atoms with Gasteiger partial charge in [-0.1, -0.05) is 47.7 Å². The van der Waals surface area contributed by atoms with Crippen LogP contribution < -0.4 is 9.60 Å². The van der Waals surface area contributed by atoms with Gasteiger partial charge in [0.15, 0.2) is 0 Å². The number of hydrogen-bond donors (Lipinski definition) is 1. The lowest BCUT2D eigenvalue weighted by atomic mass is 10.1. The zero-order valence-electron chi connectivity index (χ0n) is 13.3. The van der Waals surface area contributed by atoms with Crippen molar-refractivity contribution in [3.8, 4) is 0 Å². The largest absolute Gasteiger partial charge is 0.307 e. The molecule has 0 unspecified atom stereocenters. The molecular weight excluding hydrogens is 356 g/mol. The molecule has 0 aliphatic heterocycles. The maximum absolute atomic E-state index is 12.8. The molecular formula is C18H14N2O3S2. The van der Waals surface area contributed by atoms with Crippen LogP contribution in [0.15, 0.2) is 70.4 Å². The second-order valence-electron chi connectivity index (χ2n) is 5.69. The molecule has 0 aliphatic carbocycles. The Morgan fingerprint density at radius 1 is 1.00 bits per heavy atom. The number of rotatable bonds is 3. The number of nitrogens with one attached hydrogen (secondary N) is 1. The van der Waals surface area contributed by atoms with Gasteiger partial charge in [0, 0.05) is 12.4 Å². The first-order valence-electron chi connectivity index (χ1n) is 7.56. The first-order valence-corrected chi connectivity index (χ1v) is 9.86. The summed E-state index contributed by atoms with van der Waals surface area (Å²) in [5.41, 5.74) is 1.25. The number of fused-ring (bicyclic) bond motifs is 2. The predicted molar refractivity (Wildman–Crippen MR) is 102 cm³/mol. The van der Waals surface area contributed by atoms with E-state index < -0.39 is 10.0 Å². The minimum atomic E-state index is -3.75. The van der Waals surface area contributed by atoms with Crippen LogP contribution in [-0.4, -0.2) is 13.0 Å². The number of hydrogen-bond acceptors (Lipinski definition) is 4. The molecule has 3 aromatic carbocycles. The molecule has 4 aromatic rings. The third kappa shape index (κ3) is 2.71. The van der Waals surface area contributed by atoms with Crippen LogP contribution in [0.3, 0.4) is 0 Å². The lowest BCUT2D eigenvalue weighted by molar-refractivity contribution is 0.601. The molecule has 0 amide bonds. The van der Waals surface area contributed by atoms with Crippen molar-refractivity contribution in [1.29, 1.82) is 0 Å². The van der Waals surface area contributed by atoms with Gasteiger partial charge in [-0.3, -0.25) is 9.52 Å². The van der Waals surface area contributed by atoms with Gasteiger partial charge < -0.3 is 4.57 Å². The molecule has 0 spiro atoms. The Hall–Kier alpha value is -2.64. The minimum Gasteiger partial charge on any atom is -0.302 e. The monoisotopic (exact) mass is 370 g/mol. The lowest BCUT2D eigenvalue weighted by Crippen LogP contribution is -2.13. The smallest absolute Gasteiger partial charge is 0.302 e. The number of aryl methyl sites for hydroxylation is 1. The maximum atomic E-state index is 12.8. The second kappa shape index (κ2) is 5.72. The number of anilines is 1. The Morgan fingerprint density at radius 2 is 1.76 bits per heavy atom. The highest BCUT2D eigenvalue weighted by Gasteiger charge is 2.17. The molecule has 5 nitrogen and oxygen atoms in total. The molecule has 0 atom stereocenters. The topological polar surface area (TPSA) is 68.2 Å². The standard InChI is InChI=1S/C18H14N2O3S2/c1-20-16-10-9-13(11-17(16)24-18(20)21)25(22,23)19-15-8-4-6-12-5-2-3-7-14(12)15/h2-11,19H,1H3. The van der Waals surface area contributed by atoms with Crippen LogP contribution in [0.25, 0.3) is 21.0 Å². The summed E-state index contributed by atoms with van der Waals surface area (Å²) in [6.45, 7) is 0. The van der Waals surface area contributed by atoms with E-state index in [9.17, 15) is 13.2 Å². The van der Waals surface area contributed by atoms with Gasteiger partial charge in [0.2, 0.25) is 0 Å². The van der Waals surface area contributed by atoms with E-state index in [1.165, 1.54) is 16.7 Å². The van der Waals surface area contributed by atoms with E-state index in [1.807, 2.05) is 36.4 Å². The second-order valence-corrected chi connectivity index (χ2v) is 8.36. The number of nitrogens with zero attached hydrogens (tertiary/aromatic N) is 1. The lowest BCUT2D eigenvalue weighted by Gasteiger charge is -2.11. The van der Waals surface area contributed by atoms with Crippen molar-refractivity contribution in [2.75, 3.05) is 4.72 Å². The summed E-state index contributed by atoms with van der Waals surface area (Å²) < 4.78 is 30.4. The van der Waals surface area contributed by atoms with Crippen LogP contribution in [0.2, 0.25) is 0 Å². The first-order chi connectivity index (χ1) is 12.0. The van der Waals surface area contributed by atoms with Crippen molar-refractivity contribution in [2.45, 2.75) is 4.90 Å². The first kappa shape index (κ1) is 15.9. The third-order valence-electron chi connectivity index (χ3n) is 4.11. The number of benzene rings is 3. The summed E-state index contributed by atoms with van der Waals surface area (Å²) >= 11 is 1.03. The summed E-state index contributed by atoms with van der Waals surface area (Å²) in [6.07, 6.45) is 0. The molecule has 1 heterocycles. The maximum Gasteiger partial charge on any atom is 0.307 e. The summed E-state index contributed by atoms with van der Waals surface area (Å²) in [7, 11) is -2.08. The quantitative estimate of drug-likeness (QED) is 0.600. The summed E-state index contributed by atoms with van der Waals surface area (Å²) in [4.78, 5) is 11.8. The van der Waals surface area contributed by atoms with Crippen molar-refractivity contribution in [2.24, 2.45) is 7.05 Å². The van der Waals surface area contributed by atoms with Crippen LogP contribution in [-0.2, 0) is 17.1 Å². The van der Waals surface area contributed by atoms with E-state index in [1.54, 1.807) is 19.2 Å². The third-order valence-corrected chi connectivity index (χ3v) is 6.47. The molecule has 0 saturated carbocycles. The van der Waals surface area contributed by atoms with Gasteiger partial charge in [-0.2, -0.15) is 0 Å². The Bertz CT molecular complexity index is 1270. The predicted octanol–water partition coefficient (Wildman–Crippen LogP) is 3.55. The average Bonchev–Trinajstić information content (AvgIpc) is 2.89. The van der Waals surface area contributed by atoms with Crippen LogP contribution in [0, 0.1) is 0 Å². The van der Waals surface area contributed by atoms with E-state index in [2.05, 4.69) is 4.72 Å².